The van der Waals surface area contributed by atoms with Gasteiger partial charge in [0, 0.05) is 31.7 Å². The van der Waals surface area contributed by atoms with Gasteiger partial charge in [-0.05, 0) is 37.5 Å². The van der Waals surface area contributed by atoms with Crippen LogP contribution in [0.15, 0.2) is 0 Å². The molecule has 0 aromatic carbocycles. The van der Waals surface area contributed by atoms with Crippen molar-refractivity contribution in [3.05, 3.63) is 0 Å². The highest BCUT2D eigenvalue weighted by molar-refractivity contribution is 4.88. The molecule has 0 radical (unpaired) electrons. The Balaban J connectivity index is 1.90. The van der Waals surface area contributed by atoms with Crippen LogP contribution in [0.5, 0.6) is 0 Å². The molecule has 4 atom stereocenters. The van der Waals surface area contributed by atoms with E-state index in [4.69, 9.17) is 0 Å². The largest absolute Gasteiger partial charge is 0.311 e. The van der Waals surface area contributed by atoms with Gasteiger partial charge in [-0.25, -0.2) is 0 Å². The van der Waals surface area contributed by atoms with E-state index in [-0.39, 0.29) is 0 Å². The summed E-state index contributed by atoms with van der Waals surface area (Å²) in [6.45, 7) is 13.2. The summed E-state index contributed by atoms with van der Waals surface area (Å²) in [5.74, 6) is 2.71. The Bertz CT molecular complexity index is 239. The Kier molecular flexibility index (Phi) is 4.48. The van der Waals surface area contributed by atoms with Gasteiger partial charge in [0.1, 0.15) is 0 Å². The fraction of sp³-hybridized carbons (Fsp3) is 1.00. The summed E-state index contributed by atoms with van der Waals surface area (Å²) in [7, 11) is 0. The normalized spacial score (nSPS) is 40.1. The van der Waals surface area contributed by atoms with Crippen LogP contribution >= 0.6 is 0 Å². The van der Waals surface area contributed by atoms with Crippen LogP contribution in [-0.2, 0) is 0 Å². The third-order valence-electron chi connectivity index (χ3n) is 4.72. The third-order valence-corrected chi connectivity index (χ3v) is 4.72. The molecule has 0 spiro atoms. The van der Waals surface area contributed by atoms with Gasteiger partial charge < -0.3 is 5.32 Å². The minimum Gasteiger partial charge on any atom is -0.311 e. The number of rotatable bonds is 3. The van der Waals surface area contributed by atoms with Crippen molar-refractivity contribution in [3.63, 3.8) is 0 Å². The molecule has 1 heterocycles. The van der Waals surface area contributed by atoms with E-state index >= 15 is 0 Å². The zero-order chi connectivity index (χ0) is 12.4. The number of piperazine rings is 1. The van der Waals surface area contributed by atoms with Crippen molar-refractivity contribution >= 4 is 0 Å². The van der Waals surface area contributed by atoms with E-state index in [0.717, 1.165) is 23.8 Å². The Hall–Kier alpha value is -0.0800. The van der Waals surface area contributed by atoms with Gasteiger partial charge in [-0.15, -0.1) is 0 Å². The fourth-order valence-electron chi connectivity index (χ4n) is 3.69. The number of hydrogen-bond donors (Lipinski definition) is 1. The second kappa shape index (κ2) is 5.71. The molecule has 0 bridgehead atoms. The lowest BCUT2D eigenvalue weighted by Crippen LogP contribution is -2.58. The molecule has 2 aliphatic rings. The number of hydrogen-bond acceptors (Lipinski definition) is 2. The molecule has 2 nitrogen and oxygen atoms in total. The van der Waals surface area contributed by atoms with Crippen molar-refractivity contribution in [1.82, 2.24) is 10.2 Å². The predicted octanol–water partition coefficient (Wildman–Crippen LogP) is 2.74. The number of nitrogens with zero attached hydrogens (tertiary/aromatic N) is 1. The zero-order valence-corrected chi connectivity index (χ0v) is 12.1. The van der Waals surface area contributed by atoms with Gasteiger partial charge in [0.25, 0.3) is 0 Å². The maximum atomic E-state index is 3.64. The highest BCUT2D eigenvalue weighted by atomic mass is 15.2. The van der Waals surface area contributed by atoms with Crippen molar-refractivity contribution in [2.45, 2.75) is 59.0 Å². The van der Waals surface area contributed by atoms with E-state index in [2.05, 4.69) is 37.9 Å². The molecule has 1 aliphatic heterocycles. The van der Waals surface area contributed by atoms with Gasteiger partial charge in [0.2, 0.25) is 0 Å². The van der Waals surface area contributed by atoms with Crippen LogP contribution in [0.3, 0.4) is 0 Å². The molecule has 2 rings (SSSR count). The van der Waals surface area contributed by atoms with Crippen LogP contribution in [-0.4, -0.2) is 36.6 Å². The van der Waals surface area contributed by atoms with Crippen LogP contribution in [0.25, 0.3) is 0 Å². The maximum absolute atomic E-state index is 3.64. The summed E-state index contributed by atoms with van der Waals surface area (Å²) in [5, 5.41) is 3.64. The average molecular weight is 238 g/mol. The van der Waals surface area contributed by atoms with E-state index in [0.29, 0.717) is 6.04 Å². The van der Waals surface area contributed by atoms with E-state index in [9.17, 15) is 0 Å². The Labute approximate surface area is 107 Å². The molecular formula is C15H30N2. The predicted molar refractivity (Wildman–Crippen MR) is 74.2 cm³/mol. The monoisotopic (exact) mass is 238 g/mol. The molecule has 100 valence electrons. The lowest BCUT2D eigenvalue weighted by molar-refractivity contribution is 0.0857. The van der Waals surface area contributed by atoms with E-state index < -0.39 is 0 Å². The first kappa shape index (κ1) is 13.4. The minimum atomic E-state index is 0.670. The topological polar surface area (TPSA) is 15.3 Å². The van der Waals surface area contributed by atoms with Crippen LogP contribution < -0.4 is 5.32 Å². The van der Waals surface area contributed by atoms with Gasteiger partial charge >= 0.3 is 0 Å². The molecular weight excluding hydrogens is 208 g/mol. The summed E-state index contributed by atoms with van der Waals surface area (Å²) in [4.78, 5) is 2.77. The molecule has 4 unspecified atom stereocenters. The Morgan fingerprint density at radius 1 is 1.24 bits per heavy atom. The highest BCUT2D eigenvalue weighted by Gasteiger charge is 2.31. The molecule has 0 amide bonds. The summed E-state index contributed by atoms with van der Waals surface area (Å²) in [6, 6.07) is 1.42. The molecule has 0 aromatic heterocycles. The summed E-state index contributed by atoms with van der Waals surface area (Å²) in [6.07, 6.45) is 4.38. The Morgan fingerprint density at radius 3 is 2.59 bits per heavy atom. The van der Waals surface area contributed by atoms with Gasteiger partial charge in [-0.2, -0.15) is 0 Å². The molecule has 17 heavy (non-hydrogen) atoms. The van der Waals surface area contributed by atoms with Gasteiger partial charge in [0.15, 0.2) is 0 Å². The van der Waals surface area contributed by atoms with Gasteiger partial charge in [-0.1, -0.05) is 27.2 Å². The maximum Gasteiger partial charge on any atom is 0.0244 e. The summed E-state index contributed by atoms with van der Waals surface area (Å²) in [5.41, 5.74) is 0. The van der Waals surface area contributed by atoms with Crippen molar-refractivity contribution in [2.24, 2.45) is 17.8 Å². The first-order chi connectivity index (χ1) is 8.06. The van der Waals surface area contributed by atoms with Crippen molar-refractivity contribution in [2.75, 3.05) is 19.6 Å². The molecule has 0 aromatic rings. The Morgan fingerprint density at radius 2 is 2.00 bits per heavy atom. The number of nitrogens with one attached hydrogen (secondary N) is 1. The zero-order valence-electron chi connectivity index (χ0n) is 12.1. The molecule has 1 N–H and O–H groups in total. The highest BCUT2D eigenvalue weighted by Crippen LogP contribution is 2.32. The van der Waals surface area contributed by atoms with Crippen molar-refractivity contribution in [1.29, 1.82) is 0 Å². The van der Waals surface area contributed by atoms with E-state index in [1.165, 1.54) is 38.9 Å². The van der Waals surface area contributed by atoms with Gasteiger partial charge in [0.05, 0.1) is 0 Å². The van der Waals surface area contributed by atoms with Crippen LogP contribution in [0.1, 0.15) is 47.0 Å². The fourth-order valence-corrected chi connectivity index (χ4v) is 3.69. The van der Waals surface area contributed by atoms with Crippen molar-refractivity contribution < 1.29 is 0 Å². The molecule has 2 fully saturated rings. The lowest BCUT2D eigenvalue weighted by atomic mass is 9.96. The lowest BCUT2D eigenvalue weighted by Gasteiger charge is -2.42. The van der Waals surface area contributed by atoms with Crippen LogP contribution in [0.4, 0.5) is 0 Å². The van der Waals surface area contributed by atoms with Crippen molar-refractivity contribution in [3.8, 4) is 0 Å². The van der Waals surface area contributed by atoms with E-state index in [1.54, 1.807) is 0 Å². The van der Waals surface area contributed by atoms with Crippen LogP contribution in [0, 0.1) is 17.8 Å². The van der Waals surface area contributed by atoms with Crippen LogP contribution in [0.2, 0.25) is 0 Å². The molecule has 1 aliphatic carbocycles. The molecule has 2 heteroatoms. The minimum absolute atomic E-state index is 0.670. The summed E-state index contributed by atoms with van der Waals surface area (Å²) >= 11 is 0. The summed E-state index contributed by atoms with van der Waals surface area (Å²) < 4.78 is 0. The smallest absolute Gasteiger partial charge is 0.0244 e. The molecule has 1 saturated heterocycles. The standard InChI is InChI=1S/C15H30N2/c1-11(2)15-8-16-13(4)9-17(15)10-14-6-5-12(3)7-14/h11-16H,5-10H2,1-4H3. The quantitative estimate of drug-likeness (QED) is 0.813. The molecule has 1 saturated carbocycles. The van der Waals surface area contributed by atoms with Gasteiger partial charge in [-0.3, -0.25) is 4.90 Å². The third kappa shape index (κ3) is 3.45. The first-order valence-corrected chi connectivity index (χ1v) is 7.53. The second-order valence-corrected chi connectivity index (χ2v) is 6.86. The average Bonchev–Trinajstić information content (AvgIpc) is 2.63. The first-order valence-electron chi connectivity index (χ1n) is 7.53. The second-order valence-electron chi connectivity index (χ2n) is 6.86. The SMILES string of the molecule is CC1CCC(CN2CC(C)NCC2C(C)C)C1. The van der Waals surface area contributed by atoms with E-state index in [1.807, 2.05) is 0 Å².